The van der Waals surface area contributed by atoms with Crippen LogP contribution in [0.2, 0.25) is 0 Å². The second-order valence-corrected chi connectivity index (χ2v) is 3.27. The van der Waals surface area contributed by atoms with Crippen LogP contribution in [0.25, 0.3) is 0 Å². The van der Waals surface area contributed by atoms with Gasteiger partial charge in [0, 0.05) is 5.92 Å². The first-order chi connectivity index (χ1) is 6.64. The lowest BCUT2D eigenvalue weighted by molar-refractivity contribution is -0.00264. The molecular weight excluding hydrogens is 176 g/mol. The number of hydrogen-bond acceptors (Lipinski definition) is 2. The van der Waals surface area contributed by atoms with Gasteiger partial charge in [0.2, 0.25) is 0 Å². The van der Waals surface area contributed by atoms with Crippen molar-refractivity contribution in [3.63, 3.8) is 0 Å². The molecule has 0 spiro atoms. The number of hydrogen-bond donors (Lipinski definition) is 2. The Morgan fingerprint density at radius 3 is 1.86 bits per heavy atom. The van der Waals surface area contributed by atoms with Crippen LogP contribution < -0.4 is 0 Å². The van der Waals surface area contributed by atoms with Crippen LogP contribution in [0.1, 0.15) is 19.3 Å². The highest BCUT2D eigenvalue weighted by Crippen LogP contribution is 2.30. The lowest BCUT2D eigenvalue weighted by Gasteiger charge is -2.32. The Hall–Kier alpha value is -0.860. The van der Waals surface area contributed by atoms with E-state index in [2.05, 4.69) is 19.7 Å². The number of aliphatic hydroxyl groups excluding tert-OH is 1. The first kappa shape index (κ1) is 13.1. The zero-order chi connectivity index (χ0) is 11.0. The molecule has 0 aliphatic carbocycles. The van der Waals surface area contributed by atoms with Crippen molar-refractivity contribution in [1.29, 1.82) is 0 Å². The highest BCUT2D eigenvalue weighted by molar-refractivity contribution is 5.15. The lowest BCUT2D eigenvalue weighted by atomic mass is 9.81. The number of aliphatic hydroxyl groups is 2. The molecule has 0 rings (SSSR count). The molecule has 2 N–H and O–H groups in total. The summed E-state index contributed by atoms with van der Waals surface area (Å²) < 4.78 is 0. The van der Waals surface area contributed by atoms with Gasteiger partial charge in [-0.1, -0.05) is 18.2 Å². The predicted molar refractivity (Wildman–Crippen MR) is 59.7 cm³/mol. The maximum Gasteiger partial charge on any atom is 0.0979 e. The van der Waals surface area contributed by atoms with Gasteiger partial charge in [-0.25, -0.2) is 0 Å². The molecule has 0 saturated carbocycles. The molecule has 1 radical (unpaired) electrons. The van der Waals surface area contributed by atoms with Crippen LogP contribution in [0.3, 0.4) is 0 Å². The van der Waals surface area contributed by atoms with E-state index >= 15 is 0 Å². The molecule has 0 aliphatic rings. The molecule has 1 unspecified atom stereocenters. The van der Waals surface area contributed by atoms with Crippen LogP contribution in [-0.2, 0) is 0 Å². The standard InChI is InChI=1S/C12H19O2/c1-4-7-11(8-5-2)12(14,10-13)9-6-3/h4-6,13-14H,1-3,7-10H2. The predicted octanol–water partition coefficient (Wildman–Crippen LogP) is 2.01. The van der Waals surface area contributed by atoms with Crippen LogP contribution in [0.4, 0.5) is 0 Å². The largest absolute Gasteiger partial charge is 0.393 e. The van der Waals surface area contributed by atoms with E-state index in [1.807, 2.05) is 0 Å². The monoisotopic (exact) mass is 195 g/mol. The van der Waals surface area contributed by atoms with E-state index in [1.165, 1.54) is 0 Å². The van der Waals surface area contributed by atoms with Gasteiger partial charge >= 0.3 is 0 Å². The molecule has 0 heterocycles. The average Bonchev–Trinajstić information content (AvgIpc) is 2.18. The quantitative estimate of drug-likeness (QED) is 0.582. The van der Waals surface area contributed by atoms with E-state index in [-0.39, 0.29) is 6.61 Å². The maximum absolute atomic E-state index is 10.1. The van der Waals surface area contributed by atoms with Crippen molar-refractivity contribution in [1.82, 2.24) is 0 Å². The van der Waals surface area contributed by atoms with Crippen molar-refractivity contribution >= 4 is 0 Å². The summed E-state index contributed by atoms with van der Waals surface area (Å²) in [6.45, 7) is 10.5. The summed E-state index contributed by atoms with van der Waals surface area (Å²) in [6.07, 6.45) is 6.53. The normalized spacial score (nSPS) is 14.8. The summed E-state index contributed by atoms with van der Waals surface area (Å²) in [5.74, 6) is 0.824. The van der Waals surface area contributed by atoms with Crippen molar-refractivity contribution in [2.24, 2.45) is 0 Å². The maximum atomic E-state index is 10.1. The van der Waals surface area contributed by atoms with Gasteiger partial charge in [0.25, 0.3) is 0 Å². The van der Waals surface area contributed by atoms with E-state index in [0.717, 1.165) is 5.92 Å². The summed E-state index contributed by atoms with van der Waals surface area (Å²) in [4.78, 5) is 0. The third-order valence-corrected chi connectivity index (χ3v) is 2.18. The first-order valence-corrected chi connectivity index (χ1v) is 4.65. The third kappa shape index (κ3) is 3.48. The Morgan fingerprint density at radius 2 is 1.57 bits per heavy atom. The smallest absolute Gasteiger partial charge is 0.0979 e. The third-order valence-electron chi connectivity index (χ3n) is 2.18. The zero-order valence-corrected chi connectivity index (χ0v) is 8.58. The van der Waals surface area contributed by atoms with Gasteiger partial charge in [0.15, 0.2) is 0 Å². The molecule has 0 aliphatic heterocycles. The van der Waals surface area contributed by atoms with Crippen molar-refractivity contribution in [2.75, 3.05) is 6.61 Å². The van der Waals surface area contributed by atoms with Crippen molar-refractivity contribution in [3.05, 3.63) is 43.9 Å². The highest BCUT2D eigenvalue weighted by atomic mass is 16.3. The van der Waals surface area contributed by atoms with Gasteiger partial charge in [0.05, 0.1) is 12.2 Å². The fourth-order valence-corrected chi connectivity index (χ4v) is 1.37. The molecule has 2 heteroatoms. The molecule has 2 nitrogen and oxygen atoms in total. The van der Waals surface area contributed by atoms with Crippen molar-refractivity contribution in [2.45, 2.75) is 24.9 Å². The lowest BCUT2D eigenvalue weighted by Crippen LogP contribution is -2.39. The molecule has 0 saturated heterocycles. The molecule has 0 amide bonds. The minimum absolute atomic E-state index is 0.296. The number of allylic oxidation sites excluding steroid dienone is 2. The Kier molecular flexibility index (Phi) is 6.17. The molecule has 0 bridgehead atoms. The molecule has 0 aromatic carbocycles. The Labute approximate surface area is 86.3 Å². The summed E-state index contributed by atoms with van der Waals surface area (Å²) >= 11 is 0. The van der Waals surface area contributed by atoms with E-state index in [0.29, 0.717) is 19.3 Å². The highest BCUT2D eigenvalue weighted by Gasteiger charge is 2.33. The Bertz CT molecular complexity index is 188. The Morgan fingerprint density at radius 1 is 1.07 bits per heavy atom. The van der Waals surface area contributed by atoms with Crippen LogP contribution in [0.15, 0.2) is 38.0 Å². The summed E-state index contributed by atoms with van der Waals surface area (Å²) in [6, 6.07) is 0. The van der Waals surface area contributed by atoms with Crippen LogP contribution in [0, 0.1) is 5.92 Å². The van der Waals surface area contributed by atoms with Gasteiger partial charge in [-0.2, -0.15) is 0 Å². The molecule has 0 aromatic rings. The molecule has 0 fully saturated rings. The Balaban J connectivity index is 4.60. The SMILES string of the molecule is C=CC[C](CC=C)C(O)(CO)CC=C. The number of rotatable bonds is 8. The van der Waals surface area contributed by atoms with Crippen molar-refractivity contribution in [3.8, 4) is 0 Å². The van der Waals surface area contributed by atoms with Gasteiger partial charge in [0.1, 0.15) is 0 Å². The molecular formula is C12H19O2. The van der Waals surface area contributed by atoms with Crippen molar-refractivity contribution < 1.29 is 10.2 Å². The topological polar surface area (TPSA) is 40.5 Å². The minimum atomic E-state index is -1.18. The van der Waals surface area contributed by atoms with Crippen LogP contribution in [-0.4, -0.2) is 22.4 Å². The first-order valence-electron chi connectivity index (χ1n) is 4.65. The summed E-state index contributed by atoms with van der Waals surface area (Å²) in [5, 5.41) is 19.2. The molecule has 79 valence electrons. The average molecular weight is 195 g/mol. The van der Waals surface area contributed by atoms with E-state index in [1.54, 1.807) is 18.2 Å². The minimum Gasteiger partial charge on any atom is -0.393 e. The zero-order valence-electron chi connectivity index (χ0n) is 8.58. The summed E-state index contributed by atoms with van der Waals surface area (Å²) in [5.41, 5.74) is -1.18. The van der Waals surface area contributed by atoms with Gasteiger partial charge in [-0.3, -0.25) is 0 Å². The van der Waals surface area contributed by atoms with Crippen LogP contribution in [0.5, 0.6) is 0 Å². The van der Waals surface area contributed by atoms with E-state index in [9.17, 15) is 5.11 Å². The molecule has 1 atom stereocenters. The second kappa shape index (κ2) is 6.57. The second-order valence-electron chi connectivity index (χ2n) is 3.27. The van der Waals surface area contributed by atoms with Crippen LogP contribution >= 0.6 is 0 Å². The fraction of sp³-hybridized carbons (Fsp3) is 0.417. The van der Waals surface area contributed by atoms with Gasteiger partial charge < -0.3 is 10.2 Å². The summed E-state index contributed by atoms with van der Waals surface area (Å²) in [7, 11) is 0. The fourth-order valence-electron chi connectivity index (χ4n) is 1.37. The molecule has 14 heavy (non-hydrogen) atoms. The molecule has 0 aromatic heterocycles. The van der Waals surface area contributed by atoms with Gasteiger partial charge in [-0.15, -0.1) is 19.7 Å². The van der Waals surface area contributed by atoms with Gasteiger partial charge in [-0.05, 0) is 19.3 Å². The van der Waals surface area contributed by atoms with E-state index < -0.39 is 5.60 Å². The van der Waals surface area contributed by atoms with E-state index in [4.69, 9.17) is 5.11 Å².